The van der Waals surface area contributed by atoms with Crippen LogP contribution in [0.4, 0.5) is 49.6 Å². The number of aryl methyl sites for hydroxylation is 2. The molecule has 8 aromatic rings. The second-order valence-corrected chi connectivity index (χ2v) is 20.7. The Hall–Kier alpha value is -9.89. The molecule has 0 saturated carbocycles. The number of nitrogens with zero attached hydrogens (tertiary/aromatic N) is 11. The van der Waals surface area contributed by atoms with Crippen molar-refractivity contribution in [2.45, 2.75) is 32.6 Å². The third-order valence-electron chi connectivity index (χ3n) is 12.9. The monoisotopic (exact) mass is 1250 g/mol. The van der Waals surface area contributed by atoms with Gasteiger partial charge in [-0.05, 0) is 51.1 Å². The van der Waals surface area contributed by atoms with Crippen molar-refractivity contribution in [1.82, 2.24) is 59.1 Å². The molecule has 0 unspecified atom stereocenters. The largest absolute Gasteiger partial charge is 0.497 e. The number of aromatic nitrogens is 10. The number of amides is 1. The number of benzene rings is 2. The summed E-state index contributed by atoms with van der Waals surface area (Å²) >= 11 is 0. The Balaban J connectivity index is 0.000000237. The van der Waals surface area contributed by atoms with Gasteiger partial charge in [-0.25, -0.2) is 47.2 Å². The van der Waals surface area contributed by atoms with Crippen molar-refractivity contribution in [3.63, 3.8) is 0 Å². The molecule has 6 aromatic heterocycles. The van der Waals surface area contributed by atoms with Gasteiger partial charge >= 0.3 is 18.3 Å². The number of hydrogen-bond acceptors (Lipinski definition) is 22. The predicted molar refractivity (Wildman–Crippen MR) is 303 cm³/mol. The first-order valence-corrected chi connectivity index (χ1v) is 27.7. The number of carbonyl (C=O) groups excluding carboxylic acids is 1. The number of carboxylic acid groups (broad SMARTS) is 1. The summed E-state index contributed by atoms with van der Waals surface area (Å²) < 4.78 is 148. The lowest BCUT2D eigenvalue weighted by atomic mass is 10.1. The molecule has 88 heavy (non-hydrogen) atoms. The number of pyridine rings is 2. The molecule has 466 valence electrons. The first-order chi connectivity index (χ1) is 41.8. The lowest BCUT2D eigenvalue weighted by Crippen LogP contribution is -2.38. The number of halogens is 6. The van der Waals surface area contributed by atoms with Gasteiger partial charge in [0.05, 0.1) is 61.6 Å². The molecule has 0 aliphatic carbocycles. The Labute approximate surface area is 497 Å². The van der Waals surface area contributed by atoms with Gasteiger partial charge in [0, 0.05) is 119 Å². The average molecular weight is 1250 g/mol. The highest BCUT2D eigenvalue weighted by Crippen LogP contribution is 2.37. The van der Waals surface area contributed by atoms with Gasteiger partial charge < -0.3 is 48.9 Å². The fourth-order valence-corrected chi connectivity index (χ4v) is 9.66. The number of carbonyl (C=O) groups is 2. The van der Waals surface area contributed by atoms with Crippen LogP contribution in [0.5, 0.6) is 34.8 Å². The number of carboxylic acids is 1. The van der Waals surface area contributed by atoms with Crippen molar-refractivity contribution in [3.05, 3.63) is 119 Å². The number of nitrogens with one attached hydrogen (secondary N) is 3. The van der Waals surface area contributed by atoms with Crippen LogP contribution in [0, 0.1) is 13.8 Å². The van der Waals surface area contributed by atoms with Crippen LogP contribution < -0.4 is 43.8 Å². The molecule has 0 bridgehead atoms. The molecule has 26 nitrogen and oxygen atoms in total. The fraction of sp³-hybridized carbons (Fsp3) is 0.309. The summed E-state index contributed by atoms with van der Waals surface area (Å²) in [5.41, 5.74) is -0.945. The van der Waals surface area contributed by atoms with Crippen LogP contribution in [0.1, 0.15) is 49.9 Å². The Morgan fingerprint density at radius 3 is 1.40 bits per heavy atom. The van der Waals surface area contributed by atoms with Crippen LogP contribution in [0.2, 0.25) is 0 Å². The number of methoxy groups -OCH3 is 6. The summed E-state index contributed by atoms with van der Waals surface area (Å²) in [7, 11) is 4.37. The van der Waals surface area contributed by atoms with E-state index in [1.807, 2.05) is 0 Å². The van der Waals surface area contributed by atoms with Crippen LogP contribution in [0.15, 0.2) is 85.5 Å². The van der Waals surface area contributed by atoms with Crippen molar-refractivity contribution in [2.24, 2.45) is 0 Å². The molecule has 1 fully saturated rings. The summed E-state index contributed by atoms with van der Waals surface area (Å²) in [5, 5.41) is 23.0. The topological polar surface area (TPSA) is 305 Å². The van der Waals surface area contributed by atoms with E-state index in [0.29, 0.717) is 67.2 Å². The molecular weight excluding hydrogens is 1190 g/mol. The maximum atomic E-state index is 13.7. The van der Waals surface area contributed by atoms with E-state index < -0.39 is 45.6 Å². The number of aromatic carboxylic acids is 1. The molecule has 9 rings (SSSR count). The summed E-state index contributed by atoms with van der Waals surface area (Å²) in [6.45, 7) is 5.89. The van der Waals surface area contributed by atoms with E-state index in [1.54, 1.807) is 36.4 Å². The summed E-state index contributed by atoms with van der Waals surface area (Å²) in [6, 6.07) is 14.2. The molecule has 1 aliphatic rings. The molecule has 0 radical (unpaired) electrons. The van der Waals surface area contributed by atoms with Gasteiger partial charge in [0.2, 0.25) is 33.7 Å². The highest BCUT2D eigenvalue weighted by Gasteiger charge is 2.37. The first kappa shape index (κ1) is 64.1. The molecular formula is C55H56F6N14O12S. The Kier molecular flexibility index (Phi) is 19.8. The average Bonchev–Trinajstić information content (AvgIpc) is 1.88. The van der Waals surface area contributed by atoms with E-state index >= 15 is 0 Å². The summed E-state index contributed by atoms with van der Waals surface area (Å²) in [4.78, 5) is 52.9. The number of anilines is 4. The van der Waals surface area contributed by atoms with E-state index in [9.17, 15) is 49.5 Å². The van der Waals surface area contributed by atoms with Gasteiger partial charge in [0.1, 0.15) is 34.1 Å². The Morgan fingerprint density at radius 1 is 0.591 bits per heavy atom. The van der Waals surface area contributed by atoms with E-state index in [2.05, 4.69) is 60.4 Å². The maximum absolute atomic E-state index is 13.7. The van der Waals surface area contributed by atoms with Crippen LogP contribution >= 0.6 is 0 Å². The number of sulfonamides is 1. The summed E-state index contributed by atoms with van der Waals surface area (Å²) in [6.07, 6.45) is -3.93. The molecule has 1 saturated heterocycles. The van der Waals surface area contributed by atoms with Gasteiger partial charge in [-0.15, -0.1) is 0 Å². The van der Waals surface area contributed by atoms with E-state index in [0.717, 1.165) is 21.5 Å². The van der Waals surface area contributed by atoms with E-state index in [4.69, 9.17) is 33.2 Å². The third kappa shape index (κ3) is 15.6. The zero-order valence-electron chi connectivity index (χ0n) is 48.1. The van der Waals surface area contributed by atoms with E-state index in [-0.39, 0.29) is 92.2 Å². The highest BCUT2D eigenvalue weighted by atomic mass is 32.2. The van der Waals surface area contributed by atoms with Gasteiger partial charge in [-0.1, -0.05) is 0 Å². The summed E-state index contributed by atoms with van der Waals surface area (Å²) in [5.74, 6) is -1.23. The number of rotatable bonds is 21. The second-order valence-electron chi connectivity index (χ2n) is 18.9. The minimum Gasteiger partial charge on any atom is -0.497 e. The van der Waals surface area contributed by atoms with Crippen LogP contribution in [-0.4, -0.2) is 161 Å². The number of morpholine rings is 1. The number of hydrogen-bond donors (Lipinski definition) is 4. The maximum Gasteiger partial charge on any atom is 0.435 e. The van der Waals surface area contributed by atoms with Crippen molar-refractivity contribution < 1.29 is 82.6 Å². The molecule has 1 aliphatic heterocycles. The van der Waals surface area contributed by atoms with Gasteiger partial charge in [-0.2, -0.15) is 46.5 Å². The smallest absolute Gasteiger partial charge is 0.435 e. The lowest BCUT2D eigenvalue weighted by molar-refractivity contribution is -0.142. The minimum atomic E-state index is -4.75. The van der Waals surface area contributed by atoms with Crippen molar-refractivity contribution in [1.29, 1.82) is 0 Å². The van der Waals surface area contributed by atoms with Crippen LogP contribution in [0.3, 0.4) is 0 Å². The standard InChI is InChI=1S/C31H35F3N8O7S.C24H21F3N6O5/c1-19-12-26(31(32,33)34)39-42(19)27-25(18-36-30(38-27)37-21-14-22(46-2)16-23(15-21)47-3)20-13-24(29(48-4)35-17-20)28(43)40-50(44,45)11-5-6-41-7-9-49-10-8-41;1-12-5-19(24(25,26)27)32-33(12)20-18(13-6-17(22(34)35)21(38-4)28-10-13)11-29-23(31-20)30-14-7-15(36-2)9-16(8-14)37-3/h12-18H,5-11H2,1-4H3,(H,40,43)(H,36,37,38);5-11H,1-4H3,(H,34,35)(H,29,30,31). The Bertz CT molecular complexity index is 3910. The van der Waals surface area contributed by atoms with Crippen molar-refractivity contribution in [3.8, 4) is 68.6 Å². The van der Waals surface area contributed by atoms with Crippen LogP contribution in [-0.2, 0) is 27.1 Å². The molecule has 4 N–H and O–H groups in total. The Morgan fingerprint density at radius 2 is 1.01 bits per heavy atom. The molecule has 2 aromatic carbocycles. The molecule has 0 spiro atoms. The highest BCUT2D eigenvalue weighted by molar-refractivity contribution is 7.90. The molecule has 7 heterocycles. The number of ether oxygens (including phenoxy) is 7. The van der Waals surface area contributed by atoms with Crippen molar-refractivity contribution in [2.75, 3.05) is 91.9 Å². The zero-order chi connectivity index (χ0) is 63.7. The van der Waals surface area contributed by atoms with Gasteiger partial charge in [0.15, 0.2) is 23.0 Å². The SMILES string of the molecule is COc1cc(Nc2ncc(-c3cnc(OC)c(C(=O)NS(=O)(=O)CCCN4CCOCC4)c3)c(-n3nc(C(F)(F)F)cc3C)n2)cc(OC)c1.COc1cc(Nc2ncc(-c3cnc(OC)c(C(=O)O)c3)c(-n3nc(C(F)(F)F)cc3C)n2)cc(OC)c1. The fourth-order valence-electron chi connectivity index (χ4n) is 8.66. The molecule has 1 amide bonds. The lowest BCUT2D eigenvalue weighted by Gasteiger charge is -2.26. The first-order valence-electron chi connectivity index (χ1n) is 26.0. The third-order valence-corrected chi connectivity index (χ3v) is 14.3. The van der Waals surface area contributed by atoms with Gasteiger partial charge in [-0.3, -0.25) is 9.69 Å². The predicted octanol–water partition coefficient (Wildman–Crippen LogP) is 8.12. The minimum absolute atomic E-state index is 0.0162. The van der Waals surface area contributed by atoms with Crippen LogP contribution in [0.25, 0.3) is 33.9 Å². The molecule has 33 heteroatoms. The van der Waals surface area contributed by atoms with Gasteiger partial charge in [0.25, 0.3) is 5.91 Å². The number of alkyl halides is 6. The quantitative estimate of drug-likeness (QED) is 0.0493. The normalized spacial score (nSPS) is 12.8. The second kappa shape index (κ2) is 27.2. The molecule has 0 atom stereocenters. The van der Waals surface area contributed by atoms with E-state index in [1.165, 1.54) is 93.4 Å². The zero-order valence-corrected chi connectivity index (χ0v) is 48.9. The van der Waals surface area contributed by atoms with Crippen molar-refractivity contribution >= 4 is 45.2 Å².